The summed E-state index contributed by atoms with van der Waals surface area (Å²) in [5, 5.41) is 3.33. The molecule has 1 aliphatic carbocycles. The third kappa shape index (κ3) is 1.39. The number of nitrogens with one attached hydrogen (secondary N) is 1. The van der Waals surface area contributed by atoms with Gasteiger partial charge in [-0.15, -0.1) is 0 Å². The van der Waals surface area contributed by atoms with E-state index < -0.39 is 0 Å². The molecule has 2 saturated heterocycles. The summed E-state index contributed by atoms with van der Waals surface area (Å²) in [6.07, 6.45) is 4.51. The van der Waals surface area contributed by atoms with Crippen LogP contribution in [0.1, 0.15) is 32.6 Å². The van der Waals surface area contributed by atoms with Crippen LogP contribution in [0, 0.1) is 0 Å². The molecule has 2 heterocycles. The molecular formula is C11H18N2O2. The van der Waals surface area contributed by atoms with Gasteiger partial charge < -0.3 is 9.64 Å². The fourth-order valence-electron chi connectivity index (χ4n) is 2.69. The van der Waals surface area contributed by atoms with Crippen molar-refractivity contribution in [2.24, 2.45) is 0 Å². The van der Waals surface area contributed by atoms with Crippen LogP contribution >= 0.6 is 0 Å². The Balaban J connectivity index is 1.69. The molecule has 2 aliphatic heterocycles. The van der Waals surface area contributed by atoms with Crippen molar-refractivity contribution >= 4 is 5.91 Å². The molecule has 15 heavy (non-hydrogen) atoms. The molecule has 4 heteroatoms. The number of rotatable bonds is 2. The van der Waals surface area contributed by atoms with Gasteiger partial charge >= 0.3 is 0 Å². The Hall–Kier alpha value is -0.610. The number of nitrogens with zero attached hydrogens (tertiary/aromatic N) is 1. The van der Waals surface area contributed by atoms with Crippen molar-refractivity contribution in [3.63, 3.8) is 0 Å². The lowest BCUT2D eigenvalue weighted by atomic mass is 10.1. The van der Waals surface area contributed by atoms with Gasteiger partial charge in [0.1, 0.15) is 0 Å². The van der Waals surface area contributed by atoms with Crippen molar-refractivity contribution in [3.8, 4) is 0 Å². The molecule has 4 nitrogen and oxygen atoms in total. The van der Waals surface area contributed by atoms with Gasteiger partial charge in [0.15, 0.2) is 0 Å². The highest BCUT2D eigenvalue weighted by Crippen LogP contribution is 2.41. The van der Waals surface area contributed by atoms with Crippen LogP contribution in [0.5, 0.6) is 0 Å². The standard InChI is InChI=1S/C11H18N2O2/c1-8(9-3-2-6-15-9)13-7-12-11(4-5-11)10(13)14/h8-9,12H,2-7H2,1H3. The van der Waals surface area contributed by atoms with Crippen molar-refractivity contribution in [2.75, 3.05) is 13.3 Å². The number of ether oxygens (including phenoxy) is 1. The molecule has 0 aromatic heterocycles. The van der Waals surface area contributed by atoms with Gasteiger partial charge in [0.05, 0.1) is 24.4 Å². The van der Waals surface area contributed by atoms with Gasteiger partial charge in [-0.3, -0.25) is 10.1 Å². The summed E-state index contributed by atoms with van der Waals surface area (Å²) in [7, 11) is 0. The second-order valence-electron chi connectivity index (χ2n) is 4.98. The lowest BCUT2D eigenvalue weighted by Crippen LogP contribution is -2.44. The number of hydrogen-bond acceptors (Lipinski definition) is 3. The van der Waals surface area contributed by atoms with Crippen molar-refractivity contribution < 1.29 is 9.53 Å². The second-order valence-corrected chi connectivity index (χ2v) is 4.98. The van der Waals surface area contributed by atoms with Crippen LogP contribution < -0.4 is 5.32 Å². The first kappa shape index (κ1) is 9.60. The molecule has 3 aliphatic rings. The molecular weight excluding hydrogens is 192 g/mol. The lowest BCUT2D eigenvalue weighted by molar-refractivity contribution is -0.133. The molecule has 0 aromatic rings. The minimum absolute atomic E-state index is 0.160. The molecule has 1 N–H and O–H groups in total. The maximum absolute atomic E-state index is 12.1. The van der Waals surface area contributed by atoms with Gasteiger partial charge in [-0.2, -0.15) is 0 Å². The Morgan fingerprint density at radius 1 is 1.60 bits per heavy atom. The first-order valence-electron chi connectivity index (χ1n) is 5.91. The third-order valence-electron chi connectivity index (χ3n) is 4.00. The summed E-state index contributed by atoms with van der Waals surface area (Å²) in [6, 6.07) is 0.229. The summed E-state index contributed by atoms with van der Waals surface area (Å²) >= 11 is 0. The number of amides is 1. The molecule has 0 bridgehead atoms. The molecule has 1 amide bonds. The summed E-state index contributed by atoms with van der Waals surface area (Å²) in [6.45, 7) is 3.67. The van der Waals surface area contributed by atoms with Gasteiger partial charge in [0.25, 0.3) is 0 Å². The highest BCUT2D eigenvalue weighted by atomic mass is 16.5. The second kappa shape index (κ2) is 3.19. The topological polar surface area (TPSA) is 41.6 Å². The predicted molar refractivity (Wildman–Crippen MR) is 55.2 cm³/mol. The van der Waals surface area contributed by atoms with Crippen molar-refractivity contribution in [1.82, 2.24) is 10.2 Å². The zero-order valence-corrected chi connectivity index (χ0v) is 9.16. The minimum Gasteiger partial charge on any atom is -0.376 e. The SMILES string of the molecule is CC(C1CCCO1)N1CNC2(CC2)C1=O. The van der Waals surface area contributed by atoms with Crippen LogP contribution in [0.3, 0.4) is 0 Å². The molecule has 2 atom stereocenters. The van der Waals surface area contributed by atoms with Crippen LogP contribution in [-0.2, 0) is 9.53 Å². The van der Waals surface area contributed by atoms with E-state index in [1.165, 1.54) is 0 Å². The van der Waals surface area contributed by atoms with Crippen molar-refractivity contribution in [2.45, 2.75) is 50.3 Å². The van der Waals surface area contributed by atoms with E-state index in [4.69, 9.17) is 4.74 Å². The van der Waals surface area contributed by atoms with Crippen LogP contribution in [-0.4, -0.2) is 41.8 Å². The van der Waals surface area contributed by atoms with Crippen molar-refractivity contribution in [3.05, 3.63) is 0 Å². The molecule has 1 saturated carbocycles. The quantitative estimate of drug-likeness (QED) is 0.720. The lowest BCUT2D eigenvalue weighted by Gasteiger charge is -2.28. The number of carbonyl (C=O) groups excluding carboxylic acids is 1. The smallest absolute Gasteiger partial charge is 0.244 e. The van der Waals surface area contributed by atoms with Gasteiger partial charge in [-0.05, 0) is 32.6 Å². The van der Waals surface area contributed by atoms with E-state index in [9.17, 15) is 4.79 Å². The predicted octanol–water partition coefficient (Wildman–Crippen LogP) is 0.476. The zero-order valence-electron chi connectivity index (χ0n) is 9.16. The molecule has 84 valence electrons. The Morgan fingerprint density at radius 3 is 2.93 bits per heavy atom. The molecule has 3 fully saturated rings. The highest BCUT2D eigenvalue weighted by Gasteiger charge is 2.56. The Bertz CT molecular complexity index is 282. The first-order chi connectivity index (χ1) is 7.23. The van der Waals surface area contributed by atoms with Crippen LogP contribution in [0.15, 0.2) is 0 Å². The van der Waals surface area contributed by atoms with Gasteiger partial charge in [0, 0.05) is 6.61 Å². The molecule has 1 spiro atoms. The Morgan fingerprint density at radius 2 is 2.40 bits per heavy atom. The van der Waals surface area contributed by atoms with Gasteiger partial charge in [-0.25, -0.2) is 0 Å². The maximum Gasteiger partial charge on any atom is 0.244 e. The summed E-state index contributed by atoms with van der Waals surface area (Å²) in [5.74, 6) is 0.297. The van der Waals surface area contributed by atoms with E-state index in [0.29, 0.717) is 12.6 Å². The van der Waals surface area contributed by atoms with Gasteiger partial charge in [0.2, 0.25) is 5.91 Å². The van der Waals surface area contributed by atoms with Crippen molar-refractivity contribution in [1.29, 1.82) is 0 Å². The Labute approximate surface area is 90.0 Å². The molecule has 2 unspecified atom stereocenters. The number of carbonyl (C=O) groups is 1. The van der Waals surface area contributed by atoms with E-state index in [0.717, 1.165) is 32.3 Å². The Kier molecular flexibility index (Phi) is 2.04. The maximum atomic E-state index is 12.1. The fraction of sp³-hybridized carbons (Fsp3) is 0.909. The number of hydrogen-bond donors (Lipinski definition) is 1. The van der Waals surface area contributed by atoms with E-state index in [1.807, 2.05) is 4.90 Å². The first-order valence-corrected chi connectivity index (χ1v) is 5.91. The van der Waals surface area contributed by atoms with E-state index >= 15 is 0 Å². The zero-order chi connectivity index (χ0) is 10.5. The average molecular weight is 210 g/mol. The monoisotopic (exact) mass is 210 g/mol. The average Bonchev–Trinajstić information content (AvgIpc) is 2.72. The van der Waals surface area contributed by atoms with Crippen LogP contribution in [0.4, 0.5) is 0 Å². The third-order valence-corrected chi connectivity index (χ3v) is 4.00. The van der Waals surface area contributed by atoms with E-state index in [-0.39, 0.29) is 17.7 Å². The highest BCUT2D eigenvalue weighted by molar-refractivity contribution is 5.91. The summed E-state index contributed by atoms with van der Waals surface area (Å²) in [4.78, 5) is 14.1. The minimum atomic E-state index is -0.160. The van der Waals surface area contributed by atoms with Crippen LogP contribution in [0.25, 0.3) is 0 Å². The summed E-state index contributed by atoms with van der Waals surface area (Å²) < 4.78 is 5.64. The fourth-order valence-corrected chi connectivity index (χ4v) is 2.69. The van der Waals surface area contributed by atoms with E-state index in [2.05, 4.69) is 12.2 Å². The van der Waals surface area contributed by atoms with Crippen LogP contribution in [0.2, 0.25) is 0 Å². The largest absolute Gasteiger partial charge is 0.376 e. The molecule has 0 aromatic carbocycles. The molecule has 3 rings (SSSR count). The summed E-state index contributed by atoms with van der Waals surface area (Å²) in [5.41, 5.74) is -0.160. The van der Waals surface area contributed by atoms with Gasteiger partial charge in [-0.1, -0.05) is 0 Å². The van der Waals surface area contributed by atoms with E-state index in [1.54, 1.807) is 0 Å². The normalized spacial score (nSPS) is 35.1. The molecule has 0 radical (unpaired) electrons.